The number of cyclic esters (lactones) is 1. The van der Waals surface area contributed by atoms with Crippen LogP contribution in [0.25, 0.3) is 0 Å². The molecule has 2 rings (SSSR count). The Bertz CT molecular complexity index is 477. The van der Waals surface area contributed by atoms with Crippen molar-refractivity contribution in [3.63, 3.8) is 0 Å². The van der Waals surface area contributed by atoms with Crippen LogP contribution in [-0.4, -0.2) is 23.1 Å². The molecule has 1 aromatic rings. The average molecular weight is 248 g/mol. The highest BCUT2D eigenvalue weighted by atomic mass is 16.6. The van der Waals surface area contributed by atoms with E-state index >= 15 is 0 Å². The largest absolute Gasteiger partial charge is 0.489 e. The minimum Gasteiger partial charge on any atom is -0.489 e. The Balaban J connectivity index is 1.96. The lowest BCUT2D eigenvalue weighted by molar-refractivity contribution is -0.145. The van der Waals surface area contributed by atoms with Crippen molar-refractivity contribution in [2.45, 2.75) is 19.1 Å². The van der Waals surface area contributed by atoms with Gasteiger partial charge in [0.15, 0.2) is 6.10 Å². The molecule has 0 aliphatic carbocycles. The number of esters is 1. The summed E-state index contributed by atoms with van der Waals surface area (Å²) < 4.78 is 10.3. The molecule has 0 fully saturated rings. The molecule has 1 aliphatic heterocycles. The van der Waals surface area contributed by atoms with Gasteiger partial charge in [-0.1, -0.05) is 30.3 Å². The lowest BCUT2D eigenvalue weighted by Gasteiger charge is -2.13. The minimum absolute atomic E-state index is 0.270. The fourth-order valence-electron chi connectivity index (χ4n) is 1.62. The number of benzene rings is 1. The summed E-state index contributed by atoms with van der Waals surface area (Å²) in [6.07, 6.45) is 0.0850. The van der Waals surface area contributed by atoms with Crippen LogP contribution < -0.4 is 0 Å². The standard InChI is InChI=1S/C13H12O5/c14-12(15)6-11-10(7-13(16)18-11)17-8-9-4-2-1-3-5-9/h1-5,7,11H,6,8H2,(H,14,15)/t11-/m0/s1. The van der Waals surface area contributed by atoms with Crippen molar-refractivity contribution in [1.29, 1.82) is 0 Å². The Morgan fingerprint density at radius 2 is 2.06 bits per heavy atom. The van der Waals surface area contributed by atoms with Gasteiger partial charge in [-0.15, -0.1) is 0 Å². The van der Waals surface area contributed by atoms with Gasteiger partial charge in [0.05, 0.1) is 12.5 Å². The first kappa shape index (κ1) is 12.2. The van der Waals surface area contributed by atoms with E-state index in [0.29, 0.717) is 0 Å². The van der Waals surface area contributed by atoms with Gasteiger partial charge in [0.25, 0.3) is 0 Å². The molecule has 0 aromatic heterocycles. The predicted molar refractivity (Wildman–Crippen MR) is 61.4 cm³/mol. The number of ether oxygens (including phenoxy) is 2. The van der Waals surface area contributed by atoms with E-state index in [1.54, 1.807) is 0 Å². The van der Waals surface area contributed by atoms with Crippen LogP contribution in [0.1, 0.15) is 12.0 Å². The fraction of sp³-hybridized carbons (Fsp3) is 0.231. The minimum atomic E-state index is -1.04. The second-order valence-corrected chi connectivity index (χ2v) is 3.84. The first-order valence-electron chi connectivity index (χ1n) is 5.46. The van der Waals surface area contributed by atoms with Crippen LogP contribution in [-0.2, 0) is 25.7 Å². The summed E-state index contributed by atoms with van der Waals surface area (Å²) >= 11 is 0. The van der Waals surface area contributed by atoms with E-state index in [9.17, 15) is 9.59 Å². The highest BCUT2D eigenvalue weighted by Gasteiger charge is 2.29. The van der Waals surface area contributed by atoms with Crippen molar-refractivity contribution in [3.8, 4) is 0 Å². The van der Waals surface area contributed by atoms with E-state index in [2.05, 4.69) is 0 Å². The molecule has 0 saturated heterocycles. The van der Waals surface area contributed by atoms with Crippen LogP contribution >= 0.6 is 0 Å². The molecule has 5 heteroatoms. The zero-order chi connectivity index (χ0) is 13.0. The topological polar surface area (TPSA) is 72.8 Å². The number of aliphatic carboxylic acids is 1. The summed E-state index contributed by atoms with van der Waals surface area (Å²) in [5.74, 6) is -1.33. The number of carboxylic acids is 1. The highest BCUT2D eigenvalue weighted by Crippen LogP contribution is 2.21. The van der Waals surface area contributed by atoms with Gasteiger partial charge >= 0.3 is 11.9 Å². The molecule has 0 saturated carbocycles. The molecule has 0 bridgehead atoms. The maximum atomic E-state index is 11.1. The Morgan fingerprint density at radius 3 is 2.72 bits per heavy atom. The Kier molecular flexibility index (Phi) is 3.62. The lowest BCUT2D eigenvalue weighted by Crippen LogP contribution is -2.18. The number of rotatable bonds is 5. The summed E-state index contributed by atoms with van der Waals surface area (Å²) in [6.45, 7) is 0.277. The molecule has 18 heavy (non-hydrogen) atoms. The Hall–Kier alpha value is -2.30. The maximum Gasteiger partial charge on any atom is 0.335 e. The molecular formula is C13H12O5. The third kappa shape index (κ3) is 3.10. The van der Waals surface area contributed by atoms with Gasteiger partial charge < -0.3 is 14.6 Å². The van der Waals surface area contributed by atoms with Gasteiger partial charge in [0, 0.05) is 0 Å². The Morgan fingerprint density at radius 1 is 1.33 bits per heavy atom. The normalized spacial score (nSPS) is 18.1. The SMILES string of the molecule is O=C(O)C[C@@H]1OC(=O)C=C1OCc1ccccc1. The zero-order valence-corrected chi connectivity index (χ0v) is 9.54. The second-order valence-electron chi connectivity index (χ2n) is 3.84. The molecule has 1 heterocycles. The lowest BCUT2D eigenvalue weighted by atomic mass is 10.2. The summed E-state index contributed by atoms with van der Waals surface area (Å²) in [6, 6.07) is 9.39. The van der Waals surface area contributed by atoms with Crippen molar-refractivity contribution >= 4 is 11.9 Å². The van der Waals surface area contributed by atoms with E-state index in [-0.39, 0.29) is 18.8 Å². The van der Waals surface area contributed by atoms with Gasteiger partial charge in [-0.3, -0.25) is 4.79 Å². The molecule has 5 nitrogen and oxygen atoms in total. The number of carboxylic acid groups (broad SMARTS) is 1. The van der Waals surface area contributed by atoms with Crippen LogP contribution in [0.2, 0.25) is 0 Å². The molecule has 1 aliphatic rings. The van der Waals surface area contributed by atoms with Crippen LogP contribution in [0.3, 0.4) is 0 Å². The highest BCUT2D eigenvalue weighted by molar-refractivity contribution is 5.86. The van der Waals surface area contributed by atoms with Crippen molar-refractivity contribution in [3.05, 3.63) is 47.7 Å². The quantitative estimate of drug-likeness (QED) is 0.799. The van der Waals surface area contributed by atoms with Crippen LogP contribution in [0.5, 0.6) is 0 Å². The van der Waals surface area contributed by atoms with Crippen LogP contribution in [0.15, 0.2) is 42.2 Å². The summed E-state index contributed by atoms with van der Waals surface area (Å²) in [7, 11) is 0. The Labute approximate surface area is 104 Å². The molecule has 1 N–H and O–H groups in total. The molecule has 0 spiro atoms. The van der Waals surface area contributed by atoms with Gasteiger partial charge in [0.2, 0.25) is 0 Å². The molecular weight excluding hydrogens is 236 g/mol. The third-order valence-electron chi connectivity index (χ3n) is 2.44. The van der Waals surface area contributed by atoms with Crippen molar-refractivity contribution < 1.29 is 24.2 Å². The monoisotopic (exact) mass is 248 g/mol. The van der Waals surface area contributed by atoms with Crippen molar-refractivity contribution in [1.82, 2.24) is 0 Å². The van der Waals surface area contributed by atoms with Crippen LogP contribution in [0.4, 0.5) is 0 Å². The van der Waals surface area contributed by atoms with E-state index in [1.165, 1.54) is 6.08 Å². The van der Waals surface area contributed by atoms with Crippen molar-refractivity contribution in [2.75, 3.05) is 0 Å². The van der Waals surface area contributed by atoms with Gasteiger partial charge in [-0.25, -0.2) is 4.79 Å². The zero-order valence-electron chi connectivity index (χ0n) is 9.54. The van der Waals surface area contributed by atoms with E-state index in [1.807, 2.05) is 30.3 Å². The molecule has 94 valence electrons. The smallest absolute Gasteiger partial charge is 0.335 e. The number of carbonyl (C=O) groups excluding carboxylic acids is 1. The number of hydrogen-bond donors (Lipinski definition) is 1. The molecule has 1 aromatic carbocycles. The molecule has 0 unspecified atom stereocenters. The van der Waals surface area contributed by atoms with E-state index in [4.69, 9.17) is 14.6 Å². The maximum absolute atomic E-state index is 11.1. The first-order chi connectivity index (χ1) is 8.65. The predicted octanol–water partition coefficient (Wildman–Crippen LogP) is 1.49. The second kappa shape index (κ2) is 5.35. The van der Waals surface area contributed by atoms with Gasteiger partial charge in [-0.05, 0) is 5.56 Å². The summed E-state index contributed by atoms with van der Waals surface area (Å²) in [5, 5.41) is 8.69. The first-order valence-corrected chi connectivity index (χ1v) is 5.46. The van der Waals surface area contributed by atoms with E-state index in [0.717, 1.165) is 5.56 Å². The number of carbonyl (C=O) groups is 2. The van der Waals surface area contributed by atoms with Crippen LogP contribution in [0, 0.1) is 0 Å². The van der Waals surface area contributed by atoms with E-state index < -0.39 is 18.0 Å². The molecule has 1 atom stereocenters. The number of hydrogen-bond acceptors (Lipinski definition) is 4. The molecule has 0 amide bonds. The fourth-order valence-corrected chi connectivity index (χ4v) is 1.62. The third-order valence-corrected chi connectivity index (χ3v) is 2.44. The summed E-state index contributed by atoms with van der Waals surface area (Å²) in [5.41, 5.74) is 0.937. The average Bonchev–Trinajstić information content (AvgIpc) is 2.67. The summed E-state index contributed by atoms with van der Waals surface area (Å²) in [4.78, 5) is 21.7. The van der Waals surface area contributed by atoms with Crippen molar-refractivity contribution in [2.24, 2.45) is 0 Å². The molecule has 0 radical (unpaired) electrons. The van der Waals surface area contributed by atoms with Gasteiger partial charge in [0.1, 0.15) is 12.4 Å². The van der Waals surface area contributed by atoms with Gasteiger partial charge in [-0.2, -0.15) is 0 Å².